The van der Waals surface area contributed by atoms with E-state index in [0.717, 1.165) is 17.9 Å². The number of hydrogen-bond donors (Lipinski definition) is 1. The lowest BCUT2D eigenvalue weighted by Crippen LogP contribution is -2.29. The van der Waals surface area contributed by atoms with Gasteiger partial charge in [-0.15, -0.1) is 0 Å². The lowest BCUT2D eigenvalue weighted by Gasteiger charge is -2.23. The number of carbonyl (C=O) groups excluding carboxylic acids is 1. The third-order valence-corrected chi connectivity index (χ3v) is 3.49. The second-order valence-corrected chi connectivity index (χ2v) is 4.75. The van der Waals surface area contributed by atoms with Gasteiger partial charge in [-0.25, -0.2) is 9.78 Å². The molecular weight excluding hydrogens is 248 g/mol. The lowest BCUT2D eigenvalue weighted by atomic mass is 9.97. The van der Waals surface area contributed by atoms with E-state index in [9.17, 15) is 14.7 Å². The topological polar surface area (TPSA) is 81.4 Å². The van der Waals surface area contributed by atoms with Gasteiger partial charge < -0.3 is 14.4 Å². The van der Waals surface area contributed by atoms with Gasteiger partial charge in [-0.1, -0.05) is 6.92 Å². The van der Waals surface area contributed by atoms with Gasteiger partial charge in [0.2, 0.25) is 0 Å². The fourth-order valence-electron chi connectivity index (χ4n) is 2.57. The molecule has 1 aliphatic heterocycles. The number of esters is 1. The number of fused-ring (bicyclic) bond motifs is 1. The maximum absolute atomic E-state index is 11.6. The molecule has 0 spiro atoms. The number of hydrogen-bond acceptors (Lipinski definition) is 4. The minimum Gasteiger partial charge on any atom is -0.476 e. The Morgan fingerprint density at radius 3 is 2.84 bits per heavy atom. The van der Waals surface area contributed by atoms with Gasteiger partial charge in [0.25, 0.3) is 0 Å². The smallest absolute Gasteiger partial charge is 0.356 e. The van der Waals surface area contributed by atoms with E-state index in [1.54, 1.807) is 0 Å². The molecule has 104 valence electrons. The molecule has 2 heterocycles. The largest absolute Gasteiger partial charge is 0.476 e. The number of carboxylic acids is 1. The number of nitrogens with zero attached hydrogens (tertiary/aromatic N) is 2. The predicted molar refractivity (Wildman–Crippen MR) is 67.0 cm³/mol. The number of aromatic nitrogens is 2. The van der Waals surface area contributed by atoms with E-state index in [4.69, 9.17) is 4.74 Å². The molecule has 1 N–H and O–H groups in total. The summed E-state index contributed by atoms with van der Waals surface area (Å²) in [6.45, 7) is 2.49. The van der Waals surface area contributed by atoms with E-state index in [2.05, 4.69) is 4.98 Å². The van der Waals surface area contributed by atoms with Gasteiger partial charge in [-0.2, -0.15) is 0 Å². The third-order valence-electron chi connectivity index (χ3n) is 3.49. The summed E-state index contributed by atoms with van der Waals surface area (Å²) in [6, 6.07) is 0. The number of carboxylic acid groups (broad SMARTS) is 1. The van der Waals surface area contributed by atoms with Crippen molar-refractivity contribution in [2.45, 2.75) is 39.2 Å². The van der Waals surface area contributed by atoms with Crippen LogP contribution in [0.5, 0.6) is 0 Å². The predicted octanol–water partition coefficient (Wildman–Crippen LogP) is 1.27. The summed E-state index contributed by atoms with van der Waals surface area (Å²) in [4.78, 5) is 27.0. The van der Waals surface area contributed by atoms with Crippen molar-refractivity contribution in [2.24, 2.45) is 5.92 Å². The average molecular weight is 266 g/mol. The Balaban J connectivity index is 2.36. The van der Waals surface area contributed by atoms with Crippen LogP contribution in [0.3, 0.4) is 0 Å². The van der Waals surface area contributed by atoms with Crippen LogP contribution < -0.4 is 0 Å². The van der Waals surface area contributed by atoms with Gasteiger partial charge in [0.1, 0.15) is 5.82 Å². The average Bonchev–Trinajstić information content (AvgIpc) is 2.77. The maximum atomic E-state index is 11.6. The van der Waals surface area contributed by atoms with Crippen LogP contribution in [0, 0.1) is 5.92 Å². The minimum atomic E-state index is -0.998. The monoisotopic (exact) mass is 266 g/mol. The molecule has 0 aliphatic carbocycles. The Morgan fingerprint density at radius 1 is 1.53 bits per heavy atom. The molecule has 1 atom stereocenters. The fraction of sp³-hybridized carbons (Fsp3) is 0.615. The minimum absolute atomic E-state index is 0.131. The van der Waals surface area contributed by atoms with E-state index in [1.807, 2.05) is 11.5 Å². The molecule has 0 radical (unpaired) electrons. The summed E-state index contributed by atoms with van der Waals surface area (Å²) < 4.78 is 6.66. The summed E-state index contributed by atoms with van der Waals surface area (Å²) >= 11 is 0. The van der Waals surface area contributed by atoms with Crippen molar-refractivity contribution >= 4 is 11.9 Å². The van der Waals surface area contributed by atoms with Crippen LogP contribution in [0.15, 0.2) is 0 Å². The van der Waals surface area contributed by atoms with E-state index >= 15 is 0 Å². The van der Waals surface area contributed by atoms with Crippen molar-refractivity contribution < 1.29 is 19.4 Å². The van der Waals surface area contributed by atoms with Crippen LogP contribution in [-0.4, -0.2) is 33.7 Å². The third kappa shape index (κ3) is 2.47. The molecular formula is C13H18N2O4. The fourth-order valence-corrected chi connectivity index (χ4v) is 2.57. The summed E-state index contributed by atoms with van der Waals surface area (Å²) in [6.07, 6.45) is 2.77. The number of rotatable bonds is 4. The van der Waals surface area contributed by atoms with Crippen molar-refractivity contribution in [1.29, 1.82) is 0 Å². The molecule has 6 nitrogen and oxygen atoms in total. The molecule has 1 unspecified atom stereocenters. The van der Waals surface area contributed by atoms with Crippen LogP contribution in [0.1, 0.15) is 41.8 Å². The highest BCUT2D eigenvalue weighted by atomic mass is 16.5. The van der Waals surface area contributed by atoms with Crippen molar-refractivity contribution in [2.75, 3.05) is 7.11 Å². The quantitative estimate of drug-likeness (QED) is 0.830. The van der Waals surface area contributed by atoms with Crippen LogP contribution in [-0.2, 0) is 28.9 Å². The van der Waals surface area contributed by atoms with Crippen LogP contribution >= 0.6 is 0 Å². The highest BCUT2D eigenvalue weighted by molar-refractivity contribution is 5.87. The summed E-state index contributed by atoms with van der Waals surface area (Å²) in [7, 11) is 1.38. The van der Waals surface area contributed by atoms with Gasteiger partial charge in [0, 0.05) is 13.0 Å². The van der Waals surface area contributed by atoms with Gasteiger partial charge in [0.05, 0.1) is 18.7 Å². The van der Waals surface area contributed by atoms with E-state index < -0.39 is 5.97 Å². The number of methoxy groups -OCH3 is 1. The van der Waals surface area contributed by atoms with Crippen LogP contribution in [0.25, 0.3) is 0 Å². The molecule has 19 heavy (non-hydrogen) atoms. The van der Waals surface area contributed by atoms with E-state index in [1.165, 1.54) is 7.11 Å². The molecule has 0 amide bonds. The number of imidazole rings is 1. The Bertz CT molecular complexity index is 507. The molecule has 2 rings (SSSR count). The second kappa shape index (κ2) is 5.42. The Labute approximate surface area is 111 Å². The highest BCUT2D eigenvalue weighted by Gasteiger charge is 2.31. The second-order valence-electron chi connectivity index (χ2n) is 4.75. The molecule has 0 saturated heterocycles. The first-order chi connectivity index (χ1) is 9.08. The van der Waals surface area contributed by atoms with Gasteiger partial charge in [-0.3, -0.25) is 4.79 Å². The first-order valence-corrected chi connectivity index (χ1v) is 6.47. The number of ether oxygens (including phenoxy) is 1. The SMILES string of the molecule is CCCc1nc(C(=O)O)c2n1CC(C(=O)OC)CC2. The Kier molecular flexibility index (Phi) is 3.87. The van der Waals surface area contributed by atoms with E-state index in [-0.39, 0.29) is 17.6 Å². The van der Waals surface area contributed by atoms with Crippen molar-refractivity contribution in [1.82, 2.24) is 9.55 Å². The Hall–Kier alpha value is -1.85. The molecule has 0 aromatic carbocycles. The zero-order valence-corrected chi connectivity index (χ0v) is 11.2. The van der Waals surface area contributed by atoms with Crippen molar-refractivity contribution in [3.05, 3.63) is 17.2 Å². The van der Waals surface area contributed by atoms with Gasteiger partial charge in [-0.05, 0) is 19.3 Å². The van der Waals surface area contributed by atoms with Gasteiger partial charge >= 0.3 is 11.9 Å². The molecule has 1 aromatic rings. The zero-order chi connectivity index (χ0) is 14.0. The molecule has 0 saturated carbocycles. The molecule has 0 fully saturated rings. The highest BCUT2D eigenvalue weighted by Crippen LogP contribution is 2.26. The van der Waals surface area contributed by atoms with Crippen LogP contribution in [0.4, 0.5) is 0 Å². The number of aromatic carboxylic acids is 1. The zero-order valence-electron chi connectivity index (χ0n) is 11.2. The first-order valence-electron chi connectivity index (χ1n) is 6.47. The van der Waals surface area contributed by atoms with Crippen LogP contribution in [0.2, 0.25) is 0 Å². The first kappa shape index (κ1) is 13.6. The lowest BCUT2D eigenvalue weighted by molar-refractivity contribution is -0.146. The molecule has 0 bridgehead atoms. The van der Waals surface area contributed by atoms with E-state index in [0.29, 0.717) is 25.8 Å². The number of aryl methyl sites for hydroxylation is 1. The summed E-state index contributed by atoms with van der Waals surface area (Å²) in [5, 5.41) is 9.18. The number of carbonyl (C=O) groups is 2. The van der Waals surface area contributed by atoms with Crippen molar-refractivity contribution in [3.63, 3.8) is 0 Å². The normalized spacial score (nSPS) is 17.9. The summed E-state index contributed by atoms with van der Waals surface area (Å²) in [5.41, 5.74) is 0.864. The Morgan fingerprint density at radius 2 is 2.26 bits per heavy atom. The summed E-state index contributed by atoms with van der Waals surface area (Å²) in [5.74, 6) is -0.686. The molecule has 1 aromatic heterocycles. The molecule has 1 aliphatic rings. The maximum Gasteiger partial charge on any atom is 0.356 e. The molecule has 6 heteroatoms. The standard InChI is InChI=1S/C13H18N2O4/c1-3-4-10-14-11(12(16)17)9-6-5-8(7-15(9)10)13(18)19-2/h8H,3-7H2,1-2H3,(H,16,17). The van der Waals surface area contributed by atoms with Gasteiger partial charge in [0.15, 0.2) is 5.69 Å². The van der Waals surface area contributed by atoms with Crippen molar-refractivity contribution in [3.8, 4) is 0 Å².